The van der Waals surface area contributed by atoms with Gasteiger partial charge in [0.25, 0.3) is 0 Å². The Morgan fingerprint density at radius 2 is 2.04 bits per heavy atom. The topological polar surface area (TPSA) is 67.8 Å². The number of anilines is 1. The summed E-state index contributed by atoms with van der Waals surface area (Å²) < 4.78 is 11.3. The first-order valence-corrected chi connectivity index (χ1v) is 8.06. The number of hydrogen-bond acceptors (Lipinski definition) is 4. The maximum atomic E-state index is 11.0. The van der Waals surface area contributed by atoms with Crippen LogP contribution in [0, 0.1) is 5.92 Å². The van der Waals surface area contributed by atoms with E-state index in [1.807, 2.05) is 30.3 Å². The van der Waals surface area contributed by atoms with Crippen LogP contribution >= 0.6 is 0 Å². The second kappa shape index (κ2) is 5.83. The van der Waals surface area contributed by atoms with Gasteiger partial charge in [0.2, 0.25) is 0 Å². The maximum absolute atomic E-state index is 11.0. The van der Waals surface area contributed by atoms with Crippen LogP contribution in [-0.4, -0.2) is 24.8 Å². The number of carboxylic acid groups (broad SMARTS) is 1. The number of carboxylic acids is 1. The van der Waals surface area contributed by atoms with Crippen molar-refractivity contribution in [1.82, 2.24) is 0 Å². The summed E-state index contributed by atoms with van der Waals surface area (Å²) in [6.07, 6.45) is 1.01. The molecule has 1 fully saturated rings. The maximum Gasteiger partial charge on any atom is 0.335 e. The van der Waals surface area contributed by atoms with Crippen molar-refractivity contribution in [3.63, 3.8) is 0 Å². The molecule has 24 heavy (non-hydrogen) atoms. The first-order chi connectivity index (χ1) is 11.7. The molecule has 124 valence electrons. The molecule has 4 rings (SSSR count). The van der Waals surface area contributed by atoms with E-state index in [1.165, 1.54) is 0 Å². The summed E-state index contributed by atoms with van der Waals surface area (Å²) in [6.45, 7) is 0.734. The fourth-order valence-corrected chi connectivity index (χ4v) is 3.74. The third kappa shape index (κ3) is 2.41. The van der Waals surface area contributed by atoms with E-state index < -0.39 is 5.97 Å². The Hall–Kier alpha value is -2.53. The summed E-state index contributed by atoms with van der Waals surface area (Å²) in [5.74, 6) is 0.243. The van der Waals surface area contributed by atoms with Crippen LogP contribution < -0.4 is 10.1 Å². The second-order valence-corrected chi connectivity index (χ2v) is 6.25. The predicted molar refractivity (Wildman–Crippen MR) is 89.6 cm³/mol. The van der Waals surface area contributed by atoms with Gasteiger partial charge >= 0.3 is 5.97 Å². The van der Waals surface area contributed by atoms with Gasteiger partial charge in [-0.25, -0.2) is 4.79 Å². The molecule has 0 radical (unpaired) electrons. The van der Waals surface area contributed by atoms with E-state index in [2.05, 4.69) is 5.32 Å². The number of methoxy groups -OCH3 is 1. The highest BCUT2D eigenvalue weighted by molar-refractivity contribution is 5.87. The van der Waals surface area contributed by atoms with Crippen LogP contribution in [0.25, 0.3) is 0 Å². The minimum atomic E-state index is -0.905. The Kier molecular flexibility index (Phi) is 3.65. The van der Waals surface area contributed by atoms with Crippen molar-refractivity contribution in [1.29, 1.82) is 0 Å². The van der Waals surface area contributed by atoms with Gasteiger partial charge in [0.15, 0.2) is 0 Å². The van der Waals surface area contributed by atoms with E-state index in [-0.39, 0.29) is 12.1 Å². The van der Waals surface area contributed by atoms with Crippen LogP contribution in [0.15, 0.2) is 42.5 Å². The van der Waals surface area contributed by atoms with Gasteiger partial charge in [-0.15, -0.1) is 0 Å². The Bertz CT molecular complexity index is 771. The van der Waals surface area contributed by atoms with Gasteiger partial charge < -0.3 is 19.9 Å². The molecule has 2 aromatic rings. The molecule has 0 saturated carbocycles. The lowest BCUT2D eigenvalue weighted by Gasteiger charge is -2.36. The Balaban J connectivity index is 1.71. The molecule has 2 aliphatic heterocycles. The Morgan fingerprint density at radius 3 is 2.75 bits per heavy atom. The normalized spacial score (nSPS) is 24.6. The first kappa shape index (κ1) is 15.0. The molecule has 1 saturated heterocycles. The lowest BCUT2D eigenvalue weighted by atomic mass is 9.81. The summed E-state index contributed by atoms with van der Waals surface area (Å²) in [5.41, 5.74) is 3.57. The molecular formula is C19H19NO4. The van der Waals surface area contributed by atoms with Crippen LogP contribution in [0.1, 0.15) is 40.1 Å². The monoisotopic (exact) mass is 325 g/mol. The van der Waals surface area contributed by atoms with Crippen molar-refractivity contribution in [3.8, 4) is 5.75 Å². The Morgan fingerprint density at radius 1 is 1.25 bits per heavy atom. The minimum absolute atomic E-state index is 0.0421. The van der Waals surface area contributed by atoms with Gasteiger partial charge in [-0.05, 0) is 42.3 Å². The summed E-state index contributed by atoms with van der Waals surface area (Å²) in [6, 6.07) is 13.2. The summed E-state index contributed by atoms with van der Waals surface area (Å²) in [7, 11) is 1.66. The average molecular weight is 325 g/mol. The molecule has 0 aromatic heterocycles. The van der Waals surface area contributed by atoms with E-state index >= 15 is 0 Å². The molecule has 2 heterocycles. The number of hydrogen-bond donors (Lipinski definition) is 2. The van der Waals surface area contributed by atoms with Crippen molar-refractivity contribution in [2.75, 3.05) is 19.0 Å². The number of rotatable bonds is 3. The van der Waals surface area contributed by atoms with E-state index in [4.69, 9.17) is 14.6 Å². The number of nitrogens with one attached hydrogen (secondary N) is 1. The molecule has 0 unspecified atom stereocenters. The van der Waals surface area contributed by atoms with Crippen LogP contribution in [-0.2, 0) is 4.74 Å². The highest BCUT2D eigenvalue weighted by Crippen LogP contribution is 2.50. The number of aromatic carboxylic acids is 1. The third-order valence-corrected chi connectivity index (χ3v) is 4.96. The number of ether oxygens (including phenoxy) is 2. The first-order valence-electron chi connectivity index (χ1n) is 8.06. The SMILES string of the molecule is COc1ccc2c(c1)[C@H]1OCC[C@H]1[C@H](c1ccc(C(=O)O)cc1)N2. The largest absolute Gasteiger partial charge is 0.497 e. The van der Waals surface area contributed by atoms with Gasteiger partial charge in [0, 0.05) is 23.8 Å². The second-order valence-electron chi connectivity index (χ2n) is 6.25. The van der Waals surface area contributed by atoms with Crippen LogP contribution in [0.2, 0.25) is 0 Å². The lowest BCUT2D eigenvalue weighted by Crippen LogP contribution is -2.29. The van der Waals surface area contributed by atoms with E-state index in [1.54, 1.807) is 19.2 Å². The zero-order valence-electron chi connectivity index (χ0n) is 13.4. The van der Waals surface area contributed by atoms with Crippen LogP contribution in [0.5, 0.6) is 5.75 Å². The van der Waals surface area contributed by atoms with Gasteiger partial charge in [0.05, 0.1) is 24.8 Å². The summed E-state index contributed by atoms with van der Waals surface area (Å²) >= 11 is 0. The van der Waals surface area contributed by atoms with Gasteiger partial charge in [-0.3, -0.25) is 0 Å². The summed E-state index contributed by atoms with van der Waals surface area (Å²) in [4.78, 5) is 11.0. The van der Waals surface area contributed by atoms with E-state index in [0.717, 1.165) is 35.6 Å². The standard InChI is InChI=1S/C19H19NO4/c1-23-13-6-7-16-15(10-13)18-14(8-9-24-18)17(20-16)11-2-4-12(5-3-11)19(21)22/h2-7,10,14,17-18,20H,8-9H2,1H3,(H,21,22)/t14-,17-,18-/m0/s1. The highest BCUT2D eigenvalue weighted by atomic mass is 16.5. The smallest absolute Gasteiger partial charge is 0.335 e. The van der Waals surface area contributed by atoms with Gasteiger partial charge in [-0.2, -0.15) is 0 Å². The summed E-state index contributed by atoms with van der Waals surface area (Å²) in [5, 5.41) is 12.7. The molecule has 2 N–H and O–H groups in total. The van der Waals surface area contributed by atoms with Crippen molar-refractivity contribution in [2.24, 2.45) is 5.92 Å². The number of fused-ring (bicyclic) bond motifs is 3. The molecule has 2 aromatic carbocycles. The van der Waals surface area contributed by atoms with Crippen molar-refractivity contribution in [2.45, 2.75) is 18.6 Å². The molecule has 5 heteroatoms. The van der Waals surface area contributed by atoms with Crippen molar-refractivity contribution < 1.29 is 19.4 Å². The molecule has 3 atom stereocenters. The van der Waals surface area contributed by atoms with Crippen LogP contribution in [0.3, 0.4) is 0 Å². The highest BCUT2D eigenvalue weighted by Gasteiger charge is 2.41. The van der Waals surface area contributed by atoms with Gasteiger partial charge in [0.1, 0.15) is 5.75 Å². The minimum Gasteiger partial charge on any atom is -0.497 e. The van der Waals surface area contributed by atoms with Crippen LogP contribution in [0.4, 0.5) is 5.69 Å². The third-order valence-electron chi connectivity index (χ3n) is 4.96. The molecule has 0 aliphatic carbocycles. The lowest BCUT2D eigenvalue weighted by molar-refractivity contribution is 0.0696. The zero-order valence-corrected chi connectivity index (χ0v) is 13.4. The molecule has 2 aliphatic rings. The van der Waals surface area contributed by atoms with Gasteiger partial charge in [-0.1, -0.05) is 12.1 Å². The van der Waals surface area contributed by atoms with Crippen molar-refractivity contribution in [3.05, 3.63) is 59.2 Å². The molecule has 0 bridgehead atoms. The molecular weight excluding hydrogens is 306 g/mol. The van der Waals surface area contributed by atoms with E-state index in [9.17, 15) is 4.79 Å². The van der Waals surface area contributed by atoms with Crippen molar-refractivity contribution >= 4 is 11.7 Å². The number of benzene rings is 2. The van der Waals surface area contributed by atoms with E-state index in [0.29, 0.717) is 11.5 Å². The fourth-order valence-electron chi connectivity index (χ4n) is 3.74. The quantitative estimate of drug-likeness (QED) is 0.902. The Labute approximate surface area is 140 Å². The molecule has 0 spiro atoms. The molecule has 0 amide bonds. The average Bonchev–Trinajstić information content (AvgIpc) is 3.10. The predicted octanol–water partition coefficient (Wildman–Crippen LogP) is 3.64. The molecule has 5 nitrogen and oxygen atoms in total. The zero-order chi connectivity index (χ0) is 16.7. The fraction of sp³-hybridized carbons (Fsp3) is 0.316. The number of carbonyl (C=O) groups is 1.